The maximum atomic E-state index is 10.9. The zero-order valence-electron chi connectivity index (χ0n) is 10.3. The summed E-state index contributed by atoms with van der Waals surface area (Å²) in [6.07, 6.45) is 0. The largest absolute Gasteiger partial charge is 0.361 e. The van der Waals surface area contributed by atoms with Crippen molar-refractivity contribution in [2.45, 2.75) is 19.8 Å². The molecule has 0 saturated heterocycles. The molecular weight excluding hydrogens is 232 g/mol. The Morgan fingerprint density at radius 3 is 2.50 bits per heavy atom. The van der Waals surface area contributed by atoms with Crippen LogP contribution in [0.2, 0.25) is 0 Å². The van der Waals surface area contributed by atoms with Crippen LogP contribution in [0.4, 0.5) is 0 Å². The van der Waals surface area contributed by atoms with Crippen LogP contribution in [0.1, 0.15) is 28.5 Å². The van der Waals surface area contributed by atoms with E-state index < -0.39 is 0 Å². The molecule has 94 valence electrons. The Hall–Kier alpha value is -2.17. The highest BCUT2D eigenvalue weighted by Gasteiger charge is 2.26. The first kappa shape index (κ1) is 12.3. The monoisotopic (exact) mass is 246 g/mol. The Balaban J connectivity index is 2.47. The average Bonchev–Trinajstić information content (AvgIpc) is 2.67. The highest BCUT2D eigenvalue weighted by molar-refractivity contribution is 5.36. The second-order valence-corrected chi connectivity index (χ2v) is 4.22. The van der Waals surface area contributed by atoms with Gasteiger partial charge in [0.2, 0.25) is 6.54 Å². The molecule has 1 aromatic heterocycles. The number of hydrogen-bond donors (Lipinski definition) is 0. The van der Waals surface area contributed by atoms with Gasteiger partial charge in [0.1, 0.15) is 5.76 Å². The minimum atomic E-state index is -0.313. The fourth-order valence-corrected chi connectivity index (χ4v) is 2.19. The van der Waals surface area contributed by atoms with Gasteiger partial charge in [-0.3, -0.25) is 10.1 Å². The zero-order chi connectivity index (χ0) is 13.1. The van der Waals surface area contributed by atoms with Gasteiger partial charge in [0.25, 0.3) is 0 Å². The molecule has 0 spiro atoms. The van der Waals surface area contributed by atoms with E-state index in [4.69, 9.17) is 4.52 Å². The SMILES string of the molecule is Cc1noc(C)c1C(C[N+](=O)[O-])c1ccccc1. The Labute approximate surface area is 105 Å². The van der Waals surface area contributed by atoms with Crippen molar-refractivity contribution in [1.82, 2.24) is 5.16 Å². The van der Waals surface area contributed by atoms with Crippen molar-refractivity contribution in [2.24, 2.45) is 0 Å². The van der Waals surface area contributed by atoms with Crippen molar-refractivity contribution in [3.05, 3.63) is 63.0 Å². The van der Waals surface area contributed by atoms with Gasteiger partial charge >= 0.3 is 0 Å². The minimum Gasteiger partial charge on any atom is -0.361 e. The van der Waals surface area contributed by atoms with Gasteiger partial charge < -0.3 is 4.52 Å². The number of aromatic nitrogens is 1. The van der Waals surface area contributed by atoms with Crippen LogP contribution in [0.15, 0.2) is 34.9 Å². The van der Waals surface area contributed by atoms with E-state index in [1.165, 1.54) is 0 Å². The van der Waals surface area contributed by atoms with Crippen LogP contribution in [0, 0.1) is 24.0 Å². The van der Waals surface area contributed by atoms with Crippen molar-refractivity contribution in [3.8, 4) is 0 Å². The minimum absolute atomic E-state index is 0.160. The molecule has 0 amide bonds. The molecular formula is C13H14N2O3. The lowest BCUT2D eigenvalue weighted by Crippen LogP contribution is -2.15. The highest BCUT2D eigenvalue weighted by atomic mass is 16.6. The lowest BCUT2D eigenvalue weighted by atomic mass is 9.90. The predicted molar refractivity (Wildman–Crippen MR) is 66.1 cm³/mol. The molecule has 1 unspecified atom stereocenters. The maximum Gasteiger partial charge on any atom is 0.214 e. The molecule has 5 nitrogen and oxygen atoms in total. The third kappa shape index (κ3) is 2.40. The van der Waals surface area contributed by atoms with Gasteiger partial charge in [0, 0.05) is 10.5 Å². The zero-order valence-corrected chi connectivity index (χ0v) is 10.3. The smallest absolute Gasteiger partial charge is 0.214 e. The van der Waals surface area contributed by atoms with Crippen LogP contribution >= 0.6 is 0 Å². The lowest BCUT2D eigenvalue weighted by molar-refractivity contribution is -0.481. The molecule has 0 saturated carbocycles. The molecule has 18 heavy (non-hydrogen) atoms. The summed E-state index contributed by atoms with van der Waals surface area (Å²) >= 11 is 0. The fourth-order valence-electron chi connectivity index (χ4n) is 2.19. The number of hydrogen-bond acceptors (Lipinski definition) is 4. The fraction of sp³-hybridized carbons (Fsp3) is 0.308. The Morgan fingerprint density at radius 1 is 1.33 bits per heavy atom. The Bertz CT molecular complexity index is 529. The quantitative estimate of drug-likeness (QED) is 0.614. The Morgan fingerprint density at radius 2 is 2.00 bits per heavy atom. The summed E-state index contributed by atoms with van der Waals surface area (Å²) in [7, 11) is 0. The van der Waals surface area contributed by atoms with E-state index in [2.05, 4.69) is 5.16 Å². The summed E-state index contributed by atoms with van der Waals surface area (Å²) < 4.78 is 5.11. The van der Waals surface area contributed by atoms with Crippen LogP contribution in [-0.4, -0.2) is 16.6 Å². The number of rotatable bonds is 4. The summed E-state index contributed by atoms with van der Waals surface area (Å²) in [6, 6.07) is 9.42. The maximum absolute atomic E-state index is 10.9. The average molecular weight is 246 g/mol. The molecule has 5 heteroatoms. The Kier molecular flexibility index (Phi) is 3.41. The van der Waals surface area contributed by atoms with E-state index >= 15 is 0 Å². The highest BCUT2D eigenvalue weighted by Crippen LogP contribution is 2.29. The number of aryl methyl sites for hydroxylation is 2. The van der Waals surface area contributed by atoms with Crippen LogP contribution in [0.5, 0.6) is 0 Å². The summed E-state index contributed by atoms with van der Waals surface area (Å²) in [6.45, 7) is 3.43. The second-order valence-electron chi connectivity index (χ2n) is 4.22. The molecule has 0 aliphatic carbocycles. The van der Waals surface area contributed by atoms with Crippen LogP contribution in [0.3, 0.4) is 0 Å². The summed E-state index contributed by atoms with van der Waals surface area (Å²) in [5.74, 6) is 0.329. The summed E-state index contributed by atoms with van der Waals surface area (Å²) in [4.78, 5) is 10.6. The molecule has 0 N–H and O–H groups in total. The third-order valence-electron chi connectivity index (χ3n) is 2.97. The van der Waals surface area contributed by atoms with E-state index in [9.17, 15) is 10.1 Å². The molecule has 1 aromatic carbocycles. The van der Waals surface area contributed by atoms with Crippen molar-refractivity contribution >= 4 is 0 Å². The van der Waals surface area contributed by atoms with Gasteiger partial charge in [0.15, 0.2) is 0 Å². The van der Waals surface area contributed by atoms with Gasteiger partial charge in [-0.1, -0.05) is 35.5 Å². The van der Waals surface area contributed by atoms with Crippen molar-refractivity contribution < 1.29 is 9.45 Å². The molecule has 0 bridgehead atoms. The molecule has 0 fully saturated rings. The van der Waals surface area contributed by atoms with Gasteiger partial charge in [-0.05, 0) is 19.4 Å². The summed E-state index contributed by atoms with van der Waals surface area (Å²) in [5.41, 5.74) is 2.43. The third-order valence-corrected chi connectivity index (χ3v) is 2.97. The molecule has 1 heterocycles. The van der Waals surface area contributed by atoms with Crippen LogP contribution in [-0.2, 0) is 0 Å². The molecule has 0 aliphatic heterocycles. The lowest BCUT2D eigenvalue weighted by Gasteiger charge is -2.12. The molecule has 2 aromatic rings. The molecule has 2 rings (SSSR count). The van der Waals surface area contributed by atoms with Gasteiger partial charge in [0.05, 0.1) is 11.6 Å². The van der Waals surface area contributed by atoms with Crippen LogP contribution < -0.4 is 0 Å². The standard InChI is InChI=1S/C13H14N2O3/c1-9-13(10(2)18-14-9)12(8-15(16)17)11-6-4-3-5-7-11/h3-7,12H,8H2,1-2H3. The van der Waals surface area contributed by atoms with E-state index in [0.717, 1.165) is 11.1 Å². The first-order valence-electron chi connectivity index (χ1n) is 5.69. The molecule has 1 atom stereocenters. The number of benzene rings is 1. The number of nitro groups is 1. The second kappa shape index (κ2) is 5.00. The van der Waals surface area contributed by atoms with Crippen molar-refractivity contribution in [2.75, 3.05) is 6.54 Å². The van der Waals surface area contributed by atoms with Gasteiger partial charge in [-0.2, -0.15) is 0 Å². The van der Waals surface area contributed by atoms with Gasteiger partial charge in [-0.15, -0.1) is 0 Å². The van der Waals surface area contributed by atoms with E-state index in [1.54, 1.807) is 6.92 Å². The van der Waals surface area contributed by atoms with Crippen molar-refractivity contribution in [3.63, 3.8) is 0 Å². The van der Waals surface area contributed by atoms with E-state index in [0.29, 0.717) is 11.5 Å². The van der Waals surface area contributed by atoms with Crippen LogP contribution in [0.25, 0.3) is 0 Å². The first-order valence-corrected chi connectivity index (χ1v) is 5.69. The van der Waals surface area contributed by atoms with Gasteiger partial charge in [-0.25, -0.2) is 0 Å². The topological polar surface area (TPSA) is 69.2 Å². The number of nitrogens with zero attached hydrogens (tertiary/aromatic N) is 2. The molecule has 0 aliphatic rings. The van der Waals surface area contributed by atoms with Crippen molar-refractivity contribution in [1.29, 1.82) is 0 Å². The molecule has 0 radical (unpaired) electrons. The van der Waals surface area contributed by atoms with E-state index in [1.807, 2.05) is 37.3 Å². The predicted octanol–water partition coefficient (Wildman–Crippen LogP) is 2.70. The van der Waals surface area contributed by atoms with E-state index in [-0.39, 0.29) is 17.4 Å². The normalized spacial score (nSPS) is 12.3. The first-order chi connectivity index (χ1) is 8.59. The summed E-state index contributed by atoms with van der Waals surface area (Å²) in [5, 5.41) is 14.7.